The Balaban J connectivity index is 2.71. The summed E-state index contributed by atoms with van der Waals surface area (Å²) in [5.41, 5.74) is 0.632. The number of carbonyl (C=O) groups excluding carboxylic acids is 2. The fourth-order valence-corrected chi connectivity index (χ4v) is 2.02. The van der Waals surface area contributed by atoms with Crippen molar-refractivity contribution in [1.29, 1.82) is 5.26 Å². The zero-order valence-electron chi connectivity index (χ0n) is 8.64. The van der Waals surface area contributed by atoms with Crippen molar-refractivity contribution >= 4 is 32.3 Å². The normalized spacial score (nSPS) is 11.2. The maximum absolute atomic E-state index is 11.7. The molecule has 4 nitrogen and oxygen atoms in total. The molecule has 0 saturated heterocycles. The van der Waals surface area contributed by atoms with Crippen molar-refractivity contribution in [2.75, 3.05) is 5.32 Å². The molecule has 0 aliphatic carbocycles. The van der Waals surface area contributed by atoms with E-state index >= 15 is 0 Å². The molecular weight excluding hydrogens is 271 g/mol. The standard InChI is InChI=1S/C11H10N2O2Se/c1-8(14)10(16-7-12)11(15)13-9-5-3-2-4-6-9/h2-6,10H,1H3,(H,13,15). The predicted octanol–water partition coefficient (Wildman–Crippen LogP) is 1.19. The van der Waals surface area contributed by atoms with Gasteiger partial charge in [-0.2, -0.15) is 0 Å². The van der Waals surface area contributed by atoms with Crippen LogP contribution in [0.15, 0.2) is 30.3 Å². The minimum absolute atomic E-state index is 0.269. The van der Waals surface area contributed by atoms with E-state index in [4.69, 9.17) is 5.26 Å². The van der Waals surface area contributed by atoms with E-state index in [0.717, 1.165) is 0 Å². The number of amides is 1. The van der Waals surface area contributed by atoms with Crippen LogP contribution in [0.2, 0.25) is 4.82 Å². The van der Waals surface area contributed by atoms with Crippen LogP contribution in [-0.4, -0.2) is 26.6 Å². The van der Waals surface area contributed by atoms with Crippen molar-refractivity contribution in [1.82, 2.24) is 0 Å². The van der Waals surface area contributed by atoms with Crippen molar-refractivity contribution in [3.8, 4) is 4.97 Å². The molecule has 1 rings (SSSR count). The van der Waals surface area contributed by atoms with Gasteiger partial charge in [0.1, 0.15) is 0 Å². The Morgan fingerprint density at radius 2 is 2.00 bits per heavy atom. The molecule has 0 spiro atoms. The first-order valence-corrected chi connectivity index (χ1v) is 6.41. The molecule has 0 aliphatic heterocycles. The number of ketones is 1. The Labute approximate surface area is 99.8 Å². The third-order valence-corrected chi connectivity index (χ3v) is 3.68. The van der Waals surface area contributed by atoms with Crippen LogP contribution in [0.3, 0.4) is 0 Å². The molecule has 0 bridgehead atoms. The van der Waals surface area contributed by atoms with Gasteiger partial charge in [0.25, 0.3) is 0 Å². The van der Waals surface area contributed by atoms with E-state index in [-0.39, 0.29) is 5.78 Å². The van der Waals surface area contributed by atoms with Crippen molar-refractivity contribution in [3.63, 3.8) is 0 Å². The van der Waals surface area contributed by atoms with E-state index in [9.17, 15) is 9.59 Å². The number of nitrogens with zero attached hydrogens (tertiary/aromatic N) is 1. The quantitative estimate of drug-likeness (QED) is 0.665. The van der Waals surface area contributed by atoms with Crippen LogP contribution in [0.5, 0.6) is 0 Å². The van der Waals surface area contributed by atoms with Crippen LogP contribution in [0.4, 0.5) is 5.69 Å². The monoisotopic (exact) mass is 282 g/mol. The van der Waals surface area contributed by atoms with Gasteiger partial charge in [0.2, 0.25) is 0 Å². The second-order valence-electron chi connectivity index (χ2n) is 3.06. The summed E-state index contributed by atoms with van der Waals surface area (Å²) in [6.07, 6.45) is 0. The zero-order chi connectivity index (χ0) is 12.0. The van der Waals surface area contributed by atoms with Crippen LogP contribution in [0.25, 0.3) is 0 Å². The van der Waals surface area contributed by atoms with E-state index in [0.29, 0.717) is 5.69 Å². The molecule has 0 heterocycles. The van der Waals surface area contributed by atoms with Crippen molar-refractivity contribution < 1.29 is 9.59 Å². The molecule has 0 saturated carbocycles. The average Bonchev–Trinajstić information content (AvgIpc) is 2.26. The van der Waals surface area contributed by atoms with Crippen LogP contribution in [0.1, 0.15) is 6.92 Å². The predicted molar refractivity (Wildman–Crippen MR) is 60.9 cm³/mol. The van der Waals surface area contributed by atoms with Crippen molar-refractivity contribution in [2.24, 2.45) is 0 Å². The number of nitriles is 1. The van der Waals surface area contributed by atoms with Gasteiger partial charge < -0.3 is 0 Å². The molecule has 1 unspecified atom stereocenters. The van der Waals surface area contributed by atoms with Gasteiger partial charge >= 0.3 is 99.5 Å². The molecule has 0 aromatic heterocycles. The average molecular weight is 281 g/mol. The summed E-state index contributed by atoms with van der Waals surface area (Å²) in [5, 5.41) is 11.2. The first-order valence-electron chi connectivity index (χ1n) is 4.56. The van der Waals surface area contributed by atoms with Gasteiger partial charge in [-0.3, -0.25) is 0 Å². The number of hydrogen-bond acceptors (Lipinski definition) is 3. The fraction of sp³-hybridized carbons (Fsp3) is 0.182. The summed E-state index contributed by atoms with van der Waals surface area (Å²) in [6.45, 7) is 1.33. The molecule has 1 aromatic rings. The van der Waals surface area contributed by atoms with Gasteiger partial charge in [-0.1, -0.05) is 0 Å². The Morgan fingerprint density at radius 1 is 1.38 bits per heavy atom. The minimum atomic E-state index is -0.822. The summed E-state index contributed by atoms with van der Waals surface area (Å²) in [4.78, 5) is 23.9. The topological polar surface area (TPSA) is 70.0 Å². The SMILES string of the molecule is CC(=O)C([Se]C#N)C(=O)Nc1ccccc1. The van der Waals surface area contributed by atoms with Crippen LogP contribution >= 0.6 is 0 Å². The third-order valence-electron chi connectivity index (χ3n) is 1.82. The number of benzene rings is 1. The summed E-state index contributed by atoms with van der Waals surface area (Å²) in [7, 11) is 0. The van der Waals surface area contributed by atoms with Gasteiger partial charge in [0, 0.05) is 0 Å². The van der Waals surface area contributed by atoms with Crippen molar-refractivity contribution in [2.45, 2.75) is 11.7 Å². The number of Topliss-reactive ketones (excluding diaryl/α,β-unsaturated/α-hetero) is 1. The Kier molecular flexibility index (Phi) is 4.71. The van der Waals surface area contributed by atoms with Gasteiger partial charge in [0.05, 0.1) is 0 Å². The number of hydrogen-bond donors (Lipinski definition) is 1. The first kappa shape index (κ1) is 12.4. The molecular formula is C11H10N2O2Se. The molecule has 1 atom stereocenters. The summed E-state index contributed by atoms with van der Waals surface area (Å²) >= 11 is -0.648. The van der Waals surface area contributed by atoms with Crippen molar-refractivity contribution in [3.05, 3.63) is 30.3 Å². The molecule has 1 aromatic carbocycles. The number of rotatable bonds is 4. The van der Waals surface area contributed by atoms with Gasteiger partial charge in [-0.05, 0) is 0 Å². The summed E-state index contributed by atoms with van der Waals surface area (Å²) < 4.78 is 0. The first-order chi connectivity index (χ1) is 7.65. The molecule has 0 fully saturated rings. The van der Waals surface area contributed by atoms with Gasteiger partial charge in [-0.25, -0.2) is 0 Å². The van der Waals surface area contributed by atoms with E-state index < -0.39 is 25.7 Å². The van der Waals surface area contributed by atoms with Crippen LogP contribution in [-0.2, 0) is 9.59 Å². The number of anilines is 1. The Bertz CT molecular complexity index is 425. The second kappa shape index (κ2) is 6.06. The second-order valence-corrected chi connectivity index (χ2v) is 4.92. The number of nitrogens with one attached hydrogen (secondary N) is 1. The molecule has 1 N–H and O–H groups in total. The van der Waals surface area contributed by atoms with Crippen LogP contribution < -0.4 is 5.32 Å². The Hall–Kier alpha value is -1.63. The molecule has 5 heteroatoms. The molecule has 82 valence electrons. The van der Waals surface area contributed by atoms with Gasteiger partial charge in [-0.15, -0.1) is 0 Å². The molecule has 0 aliphatic rings. The van der Waals surface area contributed by atoms with Gasteiger partial charge in [0.15, 0.2) is 0 Å². The molecule has 16 heavy (non-hydrogen) atoms. The molecule has 0 radical (unpaired) electrons. The van der Waals surface area contributed by atoms with E-state index in [1.54, 1.807) is 24.3 Å². The Morgan fingerprint density at radius 3 is 2.50 bits per heavy atom. The summed E-state index contributed by atoms with van der Waals surface area (Å²) in [5.74, 6) is -0.671. The molecule has 1 amide bonds. The maximum atomic E-state index is 11.7. The van der Waals surface area contributed by atoms with E-state index in [2.05, 4.69) is 5.32 Å². The number of para-hydroxylation sites is 1. The third kappa shape index (κ3) is 3.50. The zero-order valence-corrected chi connectivity index (χ0v) is 10.3. The van der Waals surface area contributed by atoms with E-state index in [1.165, 1.54) is 6.92 Å². The van der Waals surface area contributed by atoms with E-state index in [1.807, 2.05) is 11.0 Å². The van der Waals surface area contributed by atoms with Crippen LogP contribution in [0, 0.1) is 10.2 Å². The number of carbonyl (C=O) groups is 2. The summed E-state index contributed by atoms with van der Waals surface area (Å²) in [6, 6.07) is 8.86. The fourth-order valence-electron chi connectivity index (χ4n) is 1.10.